The zero-order chi connectivity index (χ0) is 16.9. The lowest BCUT2D eigenvalue weighted by Crippen LogP contribution is -2.52. The number of hydrogen-bond donors (Lipinski definition) is 2. The second-order valence-corrected chi connectivity index (χ2v) is 5.66. The lowest BCUT2D eigenvalue weighted by molar-refractivity contribution is 0.369. The van der Waals surface area contributed by atoms with Crippen LogP contribution in [-0.2, 0) is 13.6 Å². The van der Waals surface area contributed by atoms with Crippen LogP contribution in [-0.4, -0.2) is 64.0 Å². The fourth-order valence-corrected chi connectivity index (χ4v) is 2.86. The van der Waals surface area contributed by atoms with Crippen molar-refractivity contribution in [2.75, 3.05) is 38.1 Å². The number of halogens is 1. The van der Waals surface area contributed by atoms with Crippen LogP contribution in [0.25, 0.3) is 0 Å². The molecule has 0 spiro atoms. The first-order valence-corrected chi connectivity index (χ1v) is 8.00. The summed E-state index contributed by atoms with van der Waals surface area (Å²) in [5.74, 6) is 2.05. The zero-order valence-electron chi connectivity index (χ0n) is 14.5. The number of hydrogen-bond acceptors (Lipinski definition) is 5. The Hall–Kier alpha value is -2.04. The second kappa shape index (κ2) is 8.88. The monoisotopic (exact) mass is 457 g/mol. The van der Waals surface area contributed by atoms with E-state index in [-0.39, 0.29) is 24.0 Å². The summed E-state index contributed by atoms with van der Waals surface area (Å²) in [6, 6.07) is 7.46. The minimum atomic E-state index is 0. The fourth-order valence-electron chi connectivity index (χ4n) is 2.86. The largest absolute Gasteiger partial charge is 0.506 e. The van der Waals surface area contributed by atoms with Gasteiger partial charge in [-0.2, -0.15) is 5.10 Å². The average Bonchev–Trinajstić information content (AvgIpc) is 3.02. The number of rotatable bonds is 3. The van der Waals surface area contributed by atoms with Gasteiger partial charge in [-0.25, -0.2) is 4.98 Å². The van der Waals surface area contributed by atoms with Crippen LogP contribution >= 0.6 is 24.0 Å². The molecule has 0 bridgehead atoms. The van der Waals surface area contributed by atoms with Crippen LogP contribution in [0.15, 0.2) is 35.6 Å². The van der Waals surface area contributed by atoms with Crippen molar-refractivity contribution in [1.29, 1.82) is 0 Å². The molecule has 1 aliphatic heterocycles. The van der Waals surface area contributed by atoms with E-state index in [0.29, 0.717) is 12.3 Å². The summed E-state index contributed by atoms with van der Waals surface area (Å²) in [4.78, 5) is 13.0. The van der Waals surface area contributed by atoms with Crippen molar-refractivity contribution < 1.29 is 5.11 Å². The Morgan fingerprint density at radius 2 is 1.96 bits per heavy atom. The highest BCUT2D eigenvalue weighted by Gasteiger charge is 2.21. The van der Waals surface area contributed by atoms with Crippen molar-refractivity contribution in [2.24, 2.45) is 12.0 Å². The minimum Gasteiger partial charge on any atom is -0.506 e. The third-order valence-corrected chi connectivity index (χ3v) is 4.22. The number of nitrogens with zero attached hydrogens (tertiary/aromatic N) is 6. The predicted molar refractivity (Wildman–Crippen MR) is 109 cm³/mol. The van der Waals surface area contributed by atoms with Gasteiger partial charge in [0.15, 0.2) is 5.96 Å². The highest BCUT2D eigenvalue weighted by Crippen LogP contribution is 2.27. The quantitative estimate of drug-likeness (QED) is 0.407. The maximum Gasteiger partial charge on any atom is 0.194 e. The van der Waals surface area contributed by atoms with Crippen LogP contribution in [0.4, 0.5) is 5.69 Å². The molecular weight excluding hydrogens is 433 g/mol. The van der Waals surface area contributed by atoms with Gasteiger partial charge in [-0.15, -0.1) is 24.0 Å². The molecule has 0 radical (unpaired) electrons. The highest BCUT2D eigenvalue weighted by atomic mass is 127. The molecule has 1 saturated heterocycles. The third-order valence-electron chi connectivity index (χ3n) is 4.22. The first-order valence-electron chi connectivity index (χ1n) is 8.00. The number of phenolic OH excluding ortho intramolecular Hbond substituents is 1. The summed E-state index contributed by atoms with van der Waals surface area (Å²) >= 11 is 0. The molecule has 1 aromatic carbocycles. The van der Waals surface area contributed by atoms with Gasteiger partial charge in [0, 0.05) is 40.3 Å². The van der Waals surface area contributed by atoms with Crippen LogP contribution in [0, 0.1) is 0 Å². The van der Waals surface area contributed by atoms with Crippen LogP contribution < -0.4 is 10.2 Å². The summed E-state index contributed by atoms with van der Waals surface area (Å²) in [6.07, 6.45) is 1.55. The topological polar surface area (TPSA) is 81.8 Å². The number of piperazine rings is 1. The highest BCUT2D eigenvalue weighted by molar-refractivity contribution is 14.0. The van der Waals surface area contributed by atoms with Crippen LogP contribution in [0.5, 0.6) is 5.75 Å². The van der Waals surface area contributed by atoms with Gasteiger partial charge in [0.1, 0.15) is 17.9 Å². The number of aromatic hydroxyl groups is 1. The summed E-state index contributed by atoms with van der Waals surface area (Å²) in [7, 11) is 3.66. The Morgan fingerprint density at radius 3 is 2.56 bits per heavy atom. The summed E-state index contributed by atoms with van der Waals surface area (Å²) < 4.78 is 1.75. The molecule has 0 atom stereocenters. The third kappa shape index (κ3) is 4.53. The molecule has 1 aliphatic rings. The Kier molecular flexibility index (Phi) is 6.85. The normalized spacial score (nSPS) is 15.0. The molecular formula is C16H24IN7O. The predicted octanol–water partition coefficient (Wildman–Crippen LogP) is 1.04. The van der Waals surface area contributed by atoms with E-state index in [1.807, 2.05) is 25.2 Å². The number of aryl methyl sites for hydroxylation is 1. The molecule has 136 valence electrons. The lowest BCUT2D eigenvalue weighted by Gasteiger charge is -2.37. The molecule has 9 heteroatoms. The molecule has 2 aromatic rings. The molecule has 0 amide bonds. The average molecular weight is 457 g/mol. The van der Waals surface area contributed by atoms with Crippen LogP contribution in [0.3, 0.4) is 0 Å². The molecule has 2 N–H and O–H groups in total. The molecule has 8 nitrogen and oxygen atoms in total. The van der Waals surface area contributed by atoms with E-state index in [4.69, 9.17) is 0 Å². The number of aliphatic imine (C=N–C) groups is 1. The van der Waals surface area contributed by atoms with Crippen LogP contribution in [0.1, 0.15) is 5.82 Å². The Balaban J connectivity index is 0.00000225. The zero-order valence-corrected chi connectivity index (χ0v) is 16.8. The lowest BCUT2D eigenvalue weighted by atomic mass is 10.2. The Morgan fingerprint density at radius 1 is 1.24 bits per heavy atom. The van der Waals surface area contributed by atoms with E-state index < -0.39 is 0 Å². The van der Waals surface area contributed by atoms with E-state index in [1.165, 1.54) is 0 Å². The Bertz CT molecular complexity index is 710. The SMILES string of the molecule is CN=C(NCc1ncnn1C)N1CCN(c2ccccc2O)CC1.I. The molecule has 1 fully saturated rings. The number of guanidine groups is 1. The maximum atomic E-state index is 9.99. The van der Waals surface area contributed by atoms with Gasteiger partial charge >= 0.3 is 0 Å². The summed E-state index contributed by atoms with van der Waals surface area (Å²) in [5.41, 5.74) is 0.888. The fraction of sp³-hybridized carbons (Fsp3) is 0.438. The smallest absolute Gasteiger partial charge is 0.194 e. The second-order valence-electron chi connectivity index (χ2n) is 5.66. The van der Waals surface area contributed by atoms with Gasteiger partial charge in [0.25, 0.3) is 0 Å². The number of benzene rings is 1. The number of aromatic nitrogens is 3. The molecule has 2 heterocycles. The van der Waals surface area contributed by atoms with E-state index in [9.17, 15) is 5.11 Å². The van der Waals surface area contributed by atoms with Gasteiger partial charge < -0.3 is 20.2 Å². The number of nitrogens with one attached hydrogen (secondary N) is 1. The van der Waals surface area contributed by atoms with Crippen LogP contribution in [0.2, 0.25) is 0 Å². The molecule has 0 aliphatic carbocycles. The maximum absolute atomic E-state index is 9.99. The number of phenols is 1. The van der Waals surface area contributed by atoms with E-state index in [0.717, 1.165) is 43.7 Å². The molecule has 25 heavy (non-hydrogen) atoms. The first-order chi connectivity index (χ1) is 11.7. The van der Waals surface area contributed by atoms with Gasteiger partial charge in [0.2, 0.25) is 0 Å². The molecule has 0 saturated carbocycles. The van der Waals surface area contributed by atoms with Gasteiger partial charge in [-0.05, 0) is 12.1 Å². The van der Waals surface area contributed by atoms with Gasteiger partial charge in [-0.1, -0.05) is 12.1 Å². The summed E-state index contributed by atoms with van der Waals surface area (Å²) in [5, 5.41) is 17.4. The molecule has 0 unspecified atom stereocenters. The summed E-state index contributed by atoms with van der Waals surface area (Å²) in [6.45, 7) is 3.94. The first kappa shape index (κ1) is 19.3. The van der Waals surface area contributed by atoms with Crippen molar-refractivity contribution in [2.45, 2.75) is 6.54 Å². The van der Waals surface area contributed by atoms with Crippen molar-refractivity contribution in [3.05, 3.63) is 36.4 Å². The van der Waals surface area contributed by atoms with Crippen molar-refractivity contribution >= 4 is 35.6 Å². The Labute approximate surface area is 164 Å². The van der Waals surface area contributed by atoms with E-state index in [2.05, 4.69) is 30.2 Å². The van der Waals surface area contributed by atoms with E-state index in [1.54, 1.807) is 24.1 Å². The molecule has 3 rings (SSSR count). The molecule has 1 aromatic heterocycles. The number of para-hydroxylation sites is 2. The van der Waals surface area contributed by atoms with Crippen molar-refractivity contribution in [3.8, 4) is 5.75 Å². The van der Waals surface area contributed by atoms with Crippen molar-refractivity contribution in [1.82, 2.24) is 25.0 Å². The number of anilines is 1. The minimum absolute atomic E-state index is 0. The van der Waals surface area contributed by atoms with Gasteiger partial charge in [0.05, 0.1) is 12.2 Å². The van der Waals surface area contributed by atoms with E-state index >= 15 is 0 Å². The van der Waals surface area contributed by atoms with Crippen molar-refractivity contribution in [3.63, 3.8) is 0 Å². The standard InChI is InChI=1S/C16H23N7O.HI/c1-17-16(18-11-15-19-12-20-21(15)2)23-9-7-22(8-10-23)13-5-3-4-6-14(13)24;/h3-6,12,24H,7-11H2,1-2H3,(H,17,18);1H. The van der Waals surface area contributed by atoms with Gasteiger partial charge in [-0.3, -0.25) is 9.67 Å².